The van der Waals surface area contributed by atoms with Crippen LogP contribution in [0.3, 0.4) is 0 Å². The monoisotopic (exact) mass is 350 g/mol. The van der Waals surface area contributed by atoms with E-state index in [4.69, 9.17) is 5.26 Å². The summed E-state index contributed by atoms with van der Waals surface area (Å²) in [7, 11) is 0. The lowest BCUT2D eigenvalue weighted by Crippen LogP contribution is -2.56. The third-order valence-electron chi connectivity index (χ3n) is 5.99. The molecule has 0 aliphatic carbocycles. The van der Waals surface area contributed by atoms with Crippen molar-refractivity contribution < 1.29 is 9.50 Å². The Bertz CT molecular complexity index is 816. The molecule has 2 fully saturated rings. The molecule has 2 aliphatic rings. The molecule has 1 N–H and O–H groups in total. The van der Waals surface area contributed by atoms with E-state index in [1.165, 1.54) is 11.6 Å². The molecule has 0 saturated carbocycles. The molecule has 2 aromatic rings. The SMILES string of the molecule is N#Cc1cccc(C2(O)CC3CCCC(C2)N3Cc2ccccc2)c1F. The lowest BCUT2D eigenvalue weighted by Gasteiger charge is -2.52. The highest BCUT2D eigenvalue weighted by Crippen LogP contribution is 2.45. The van der Waals surface area contributed by atoms with E-state index in [9.17, 15) is 9.50 Å². The van der Waals surface area contributed by atoms with Crippen LogP contribution in [0, 0.1) is 17.1 Å². The normalized spacial score (nSPS) is 28.5. The van der Waals surface area contributed by atoms with Crippen molar-refractivity contribution in [3.8, 4) is 6.07 Å². The maximum absolute atomic E-state index is 14.7. The van der Waals surface area contributed by atoms with Gasteiger partial charge in [0.1, 0.15) is 11.9 Å². The van der Waals surface area contributed by atoms with Crippen LogP contribution in [0.25, 0.3) is 0 Å². The Morgan fingerprint density at radius 2 is 1.77 bits per heavy atom. The molecule has 2 heterocycles. The molecule has 3 nitrogen and oxygen atoms in total. The molecule has 0 amide bonds. The van der Waals surface area contributed by atoms with Crippen LogP contribution in [0.5, 0.6) is 0 Å². The number of halogens is 1. The summed E-state index contributed by atoms with van der Waals surface area (Å²) in [6, 6.07) is 17.5. The minimum Gasteiger partial charge on any atom is -0.385 e. The lowest BCUT2D eigenvalue weighted by atomic mass is 9.72. The van der Waals surface area contributed by atoms with Gasteiger partial charge >= 0.3 is 0 Å². The van der Waals surface area contributed by atoms with Gasteiger partial charge in [-0.1, -0.05) is 48.9 Å². The number of piperidine rings is 2. The second-order valence-corrected chi connectivity index (χ2v) is 7.62. The summed E-state index contributed by atoms with van der Waals surface area (Å²) >= 11 is 0. The van der Waals surface area contributed by atoms with Crippen molar-refractivity contribution in [1.29, 1.82) is 5.26 Å². The van der Waals surface area contributed by atoms with E-state index in [0.29, 0.717) is 12.8 Å². The number of benzene rings is 2. The maximum Gasteiger partial charge on any atom is 0.147 e. The fourth-order valence-electron chi connectivity index (χ4n) is 4.77. The first-order valence-electron chi connectivity index (χ1n) is 9.32. The van der Waals surface area contributed by atoms with Crippen LogP contribution in [-0.2, 0) is 12.1 Å². The van der Waals surface area contributed by atoms with Crippen LogP contribution in [0.1, 0.15) is 48.8 Å². The summed E-state index contributed by atoms with van der Waals surface area (Å²) < 4.78 is 14.7. The summed E-state index contributed by atoms with van der Waals surface area (Å²) in [5.74, 6) is -0.563. The highest BCUT2D eigenvalue weighted by molar-refractivity contribution is 5.38. The zero-order valence-electron chi connectivity index (χ0n) is 14.7. The fraction of sp³-hybridized carbons (Fsp3) is 0.409. The largest absolute Gasteiger partial charge is 0.385 e. The van der Waals surface area contributed by atoms with Gasteiger partial charge in [0.05, 0.1) is 11.2 Å². The number of nitrogens with zero attached hydrogens (tertiary/aromatic N) is 2. The number of fused-ring (bicyclic) bond motifs is 2. The van der Waals surface area contributed by atoms with Gasteiger partial charge in [-0.15, -0.1) is 0 Å². The molecule has 2 bridgehead atoms. The third-order valence-corrected chi connectivity index (χ3v) is 5.99. The second kappa shape index (κ2) is 6.83. The minimum absolute atomic E-state index is 0.00722. The van der Waals surface area contributed by atoms with E-state index in [-0.39, 0.29) is 23.2 Å². The van der Waals surface area contributed by atoms with Gasteiger partial charge in [0.15, 0.2) is 0 Å². The fourth-order valence-corrected chi connectivity index (χ4v) is 4.77. The summed E-state index contributed by atoms with van der Waals surface area (Å²) in [6.45, 7) is 0.868. The average molecular weight is 350 g/mol. The van der Waals surface area contributed by atoms with E-state index in [1.54, 1.807) is 12.1 Å². The van der Waals surface area contributed by atoms with Gasteiger partial charge in [-0.25, -0.2) is 4.39 Å². The zero-order chi connectivity index (χ0) is 18.1. The number of hydrogen-bond acceptors (Lipinski definition) is 3. The summed E-state index contributed by atoms with van der Waals surface area (Å²) in [5.41, 5.74) is 0.369. The van der Waals surface area contributed by atoms with Gasteiger partial charge in [-0.3, -0.25) is 4.90 Å². The van der Waals surface area contributed by atoms with Crippen molar-refractivity contribution in [2.24, 2.45) is 0 Å². The van der Waals surface area contributed by atoms with Crippen molar-refractivity contribution in [2.45, 2.75) is 56.3 Å². The molecule has 4 rings (SSSR count). The van der Waals surface area contributed by atoms with Gasteiger partial charge in [0.25, 0.3) is 0 Å². The van der Waals surface area contributed by atoms with Crippen molar-refractivity contribution in [1.82, 2.24) is 4.90 Å². The van der Waals surface area contributed by atoms with E-state index >= 15 is 0 Å². The Hall–Kier alpha value is -2.22. The third kappa shape index (κ3) is 3.02. The summed E-state index contributed by atoms with van der Waals surface area (Å²) in [6.07, 6.45) is 4.22. The Labute approximate surface area is 153 Å². The summed E-state index contributed by atoms with van der Waals surface area (Å²) in [5, 5.41) is 20.5. The lowest BCUT2D eigenvalue weighted by molar-refractivity contribution is -0.101. The number of rotatable bonds is 3. The summed E-state index contributed by atoms with van der Waals surface area (Å²) in [4.78, 5) is 2.49. The highest BCUT2D eigenvalue weighted by Gasteiger charge is 2.47. The van der Waals surface area contributed by atoms with Gasteiger partial charge in [-0.05, 0) is 37.3 Å². The van der Waals surface area contributed by atoms with Crippen molar-refractivity contribution >= 4 is 0 Å². The molecule has 26 heavy (non-hydrogen) atoms. The molecule has 134 valence electrons. The van der Waals surface area contributed by atoms with Crippen LogP contribution in [0.15, 0.2) is 48.5 Å². The Kier molecular flexibility index (Phi) is 4.52. The zero-order valence-corrected chi connectivity index (χ0v) is 14.7. The first-order chi connectivity index (χ1) is 12.6. The number of nitriles is 1. The van der Waals surface area contributed by atoms with Crippen LogP contribution in [-0.4, -0.2) is 22.1 Å². The van der Waals surface area contributed by atoms with Crippen LogP contribution in [0.4, 0.5) is 4.39 Å². The molecule has 4 heteroatoms. The van der Waals surface area contributed by atoms with Gasteiger partial charge in [-0.2, -0.15) is 5.26 Å². The standard InChI is InChI=1S/C22H23FN2O/c23-21-17(14-24)8-4-11-20(21)22(26)12-18-9-5-10-19(13-22)25(18)15-16-6-2-1-3-7-16/h1-4,6-8,11,18-19,26H,5,9-10,12-13,15H2. The predicted molar refractivity (Wildman–Crippen MR) is 97.7 cm³/mol. The maximum atomic E-state index is 14.7. The molecule has 2 unspecified atom stereocenters. The first-order valence-corrected chi connectivity index (χ1v) is 9.32. The number of aliphatic hydroxyl groups is 1. The molecule has 2 aliphatic heterocycles. The molecule has 0 radical (unpaired) electrons. The molecule has 0 aromatic heterocycles. The molecular weight excluding hydrogens is 327 g/mol. The van der Waals surface area contributed by atoms with Gasteiger partial charge in [0, 0.05) is 24.2 Å². The molecule has 0 spiro atoms. The number of hydrogen-bond donors (Lipinski definition) is 1. The molecular formula is C22H23FN2O. The van der Waals surface area contributed by atoms with Gasteiger partial charge in [0.2, 0.25) is 0 Å². The topological polar surface area (TPSA) is 47.3 Å². The van der Waals surface area contributed by atoms with Crippen molar-refractivity contribution in [3.05, 3.63) is 71.0 Å². The minimum atomic E-state index is -1.19. The van der Waals surface area contributed by atoms with E-state index in [2.05, 4.69) is 17.0 Å². The van der Waals surface area contributed by atoms with Gasteiger partial charge < -0.3 is 5.11 Å². The Morgan fingerprint density at radius 3 is 2.42 bits per heavy atom. The average Bonchev–Trinajstić information content (AvgIpc) is 2.64. The van der Waals surface area contributed by atoms with E-state index in [0.717, 1.165) is 25.8 Å². The Morgan fingerprint density at radius 1 is 1.08 bits per heavy atom. The van der Waals surface area contributed by atoms with E-state index in [1.807, 2.05) is 24.3 Å². The molecule has 2 atom stereocenters. The molecule has 2 saturated heterocycles. The van der Waals surface area contributed by atoms with Crippen LogP contribution < -0.4 is 0 Å². The highest BCUT2D eigenvalue weighted by atomic mass is 19.1. The molecule has 2 aromatic carbocycles. The smallest absolute Gasteiger partial charge is 0.147 e. The van der Waals surface area contributed by atoms with E-state index < -0.39 is 11.4 Å². The second-order valence-electron chi connectivity index (χ2n) is 7.62. The van der Waals surface area contributed by atoms with Crippen molar-refractivity contribution in [3.63, 3.8) is 0 Å². The predicted octanol–water partition coefficient (Wildman–Crippen LogP) is 4.10. The van der Waals surface area contributed by atoms with Crippen molar-refractivity contribution in [2.75, 3.05) is 0 Å². The quantitative estimate of drug-likeness (QED) is 0.906. The first kappa shape index (κ1) is 17.2. The van der Waals surface area contributed by atoms with Crippen LogP contribution in [0.2, 0.25) is 0 Å². The van der Waals surface area contributed by atoms with Crippen LogP contribution >= 0.6 is 0 Å². The Balaban J connectivity index is 1.63.